The number of carbonyl (C=O) groups excluding carboxylic acids is 2. The molecule has 0 saturated carbocycles. The first-order valence-corrected chi connectivity index (χ1v) is 16.1. The fourth-order valence-corrected chi connectivity index (χ4v) is 6.28. The fraction of sp³-hybridized carbons (Fsp3) is 0.474. The number of unbranched alkanes of at least 4 members (excludes halogenated alkanes) is 1. The smallest absolute Gasteiger partial charge is 0.251 e. The molecule has 1 amide bonds. The summed E-state index contributed by atoms with van der Waals surface area (Å²) in [5.74, 6) is -0.791. The van der Waals surface area contributed by atoms with Gasteiger partial charge in [0.25, 0.3) is 5.91 Å². The Morgan fingerprint density at radius 3 is 1.82 bits per heavy atom. The Kier molecular flexibility index (Phi) is 10.9. The summed E-state index contributed by atoms with van der Waals surface area (Å²) < 4.78 is 27.3. The van der Waals surface area contributed by atoms with Gasteiger partial charge in [0.15, 0.2) is 5.78 Å². The van der Waals surface area contributed by atoms with Gasteiger partial charge < -0.3 is 15.7 Å². The first-order chi connectivity index (χ1) is 21.1. The van der Waals surface area contributed by atoms with E-state index in [9.17, 15) is 23.5 Å². The van der Waals surface area contributed by atoms with Crippen molar-refractivity contribution in [2.24, 2.45) is 5.92 Å². The molecular formula is C38H48F2N2O3. The highest BCUT2D eigenvalue weighted by Gasteiger charge is 2.33. The van der Waals surface area contributed by atoms with Crippen molar-refractivity contribution in [3.63, 3.8) is 0 Å². The molecule has 2 unspecified atom stereocenters. The maximum Gasteiger partial charge on any atom is 0.251 e. The molecule has 0 aromatic heterocycles. The SMILES string of the molecule is CC(C)(C)c1cc(C(=O)NC(C(=O)CCCCC(c2ccc(F)cc2)c2ccc(F)cc2)C2CCNC2)cc(C(C)(C)C)c1O. The summed E-state index contributed by atoms with van der Waals surface area (Å²) in [5.41, 5.74) is 2.94. The number of amides is 1. The first kappa shape index (κ1) is 34.3. The number of carbonyl (C=O) groups is 2. The van der Waals surface area contributed by atoms with Crippen molar-refractivity contribution in [3.8, 4) is 5.75 Å². The summed E-state index contributed by atoms with van der Waals surface area (Å²) in [6.07, 6.45) is 3.19. The quantitative estimate of drug-likeness (QED) is 0.191. The Balaban J connectivity index is 1.48. The van der Waals surface area contributed by atoms with E-state index in [2.05, 4.69) is 10.6 Å². The number of aromatic hydroxyl groups is 1. The molecule has 0 aliphatic carbocycles. The molecule has 0 spiro atoms. The van der Waals surface area contributed by atoms with Crippen LogP contribution < -0.4 is 10.6 Å². The van der Waals surface area contributed by atoms with E-state index in [0.29, 0.717) is 42.5 Å². The van der Waals surface area contributed by atoms with Crippen molar-refractivity contribution in [2.45, 2.75) is 96.4 Å². The van der Waals surface area contributed by atoms with E-state index in [1.165, 1.54) is 24.3 Å². The molecule has 1 heterocycles. The van der Waals surface area contributed by atoms with Gasteiger partial charge in [-0.15, -0.1) is 0 Å². The van der Waals surface area contributed by atoms with Gasteiger partial charge in [-0.25, -0.2) is 8.78 Å². The zero-order chi connectivity index (χ0) is 32.9. The summed E-state index contributed by atoms with van der Waals surface area (Å²) in [5, 5.41) is 17.5. The molecule has 3 aromatic carbocycles. The van der Waals surface area contributed by atoms with Crippen molar-refractivity contribution in [1.29, 1.82) is 0 Å². The molecule has 7 heteroatoms. The van der Waals surface area contributed by atoms with Crippen LogP contribution in [0.2, 0.25) is 0 Å². The highest BCUT2D eigenvalue weighted by molar-refractivity contribution is 5.98. The Morgan fingerprint density at radius 1 is 0.867 bits per heavy atom. The Hall–Kier alpha value is -3.58. The van der Waals surface area contributed by atoms with Gasteiger partial charge in [-0.05, 0) is 90.1 Å². The molecular weight excluding hydrogens is 570 g/mol. The fourth-order valence-electron chi connectivity index (χ4n) is 6.28. The lowest BCUT2D eigenvalue weighted by molar-refractivity contribution is -0.122. The predicted octanol–water partition coefficient (Wildman–Crippen LogP) is 7.93. The molecule has 4 rings (SSSR count). The maximum absolute atomic E-state index is 13.7. The molecule has 3 N–H and O–H groups in total. The van der Waals surface area contributed by atoms with Crippen LogP contribution in [0.15, 0.2) is 60.7 Å². The van der Waals surface area contributed by atoms with Crippen LogP contribution in [-0.4, -0.2) is 35.9 Å². The highest BCUT2D eigenvalue weighted by atomic mass is 19.1. The second-order valence-corrected chi connectivity index (χ2v) is 14.5. The molecule has 1 aliphatic heterocycles. The maximum atomic E-state index is 13.7. The van der Waals surface area contributed by atoms with E-state index in [4.69, 9.17) is 0 Å². The Labute approximate surface area is 266 Å². The number of ketones is 1. The molecule has 0 radical (unpaired) electrons. The number of phenolic OH excluding ortho intramolecular Hbond substituents is 1. The number of benzene rings is 3. The minimum Gasteiger partial charge on any atom is -0.507 e. The lowest BCUT2D eigenvalue weighted by Crippen LogP contribution is -2.46. The van der Waals surface area contributed by atoms with Gasteiger partial charge in [0.1, 0.15) is 17.4 Å². The summed E-state index contributed by atoms with van der Waals surface area (Å²) in [7, 11) is 0. The largest absolute Gasteiger partial charge is 0.507 e. The molecule has 45 heavy (non-hydrogen) atoms. The van der Waals surface area contributed by atoms with E-state index in [-0.39, 0.29) is 51.7 Å². The van der Waals surface area contributed by atoms with Crippen LogP contribution in [0.1, 0.15) is 112 Å². The Bertz CT molecular complexity index is 1380. The number of nitrogens with one attached hydrogen (secondary N) is 2. The standard InChI is InChI=1S/C38H48F2N2O3/c1-37(2,3)31-21-27(22-32(35(31)44)38(4,5)6)36(45)42-34(26-19-20-41-23-26)33(43)10-8-7-9-30(24-11-15-28(39)16-12-24)25-13-17-29(40)18-14-25/h11-18,21-22,26,30,34,41,44H,7-10,19-20,23H2,1-6H3,(H,42,45). The van der Waals surface area contributed by atoms with Gasteiger partial charge in [-0.3, -0.25) is 9.59 Å². The minimum absolute atomic E-state index is 0.00281. The number of halogens is 2. The van der Waals surface area contributed by atoms with Crippen molar-refractivity contribution in [2.75, 3.05) is 13.1 Å². The second kappa shape index (κ2) is 14.2. The number of Topliss-reactive ketones (excluding diaryl/α,β-unsaturated/α-hetero) is 1. The van der Waals surface area contributed by atoms with Gasteiger partial charge in [-0.2, -0.15) is 0 Å². The van der Waals surface area contributed by atoms with Crippen molar-refractivity contribution in [1.82, 2.24) is 10.6 Å². The summed E-state index contributed by atoms with van der Waals surface area (Å²) in [6.45, 7) is 13.5. The number of rotatable bonds is 11. The minimum atomic E-state index is -0.623. The van der Waals surface area contributed by atoms with Crippen LogP contribution in [0.25, 0.3) is 0 Å². The van der Waals surface area contributed by atoms with Crippen LogP contribution in [-0.2, 0) is 15.6 Å². The normalized spacial score (nSPS) is 16.2. The number of phenols is 1. The summed E-state index contributed by atoms with van der Waals surface area (Å²) >= 11 is 0. The monoisotopic (exact) mass is 618 g/mol. The molecule has 3 aromatic rings. The van der Waals surface area contributed by atoms with Gasteiger partial charge in [0, 0.05) is 35.6 Å². The number of hydrogen-bond donors (Lipinski definition) is 3. The van der Waals surface area contributed by atoms with Crippen molar-refractivity contribution < 1.29 is 23.5 Å². The lowest BCUT2D eigenvalue weighted by Gasteiger charge is -2.29. The van der Waals surface area contributed by atoms with E-state index in [1.807, 2.05) is 41.5 Å². The molecule has 1 aliphatic rings. The molecule has 0 bridgehead atoms. The molecule has 2 atom stereocenters. The van der Waals surface area contributed by atoms with Crippen LogP contribution in [0, 0.1) is 17.6 Å². The van der Waals surface area contributed by atoms with Crippen LogP contribution >= 0.6 is 0 Å². The molecule has 1 fully saturated rings. The topological polar surface area (TPSA) is 78.4 Å². The van der Waals surface area contributed by atoms with Crippen LogP contribution in [0.5, 0.6) is 5.75 Å². The van der Waals surface area contributed by atoms with Crippen LogP contribution in [0.4, 0.5) is 8.78 Å². The van der Waals surface area contributed by atoms with E-state index < -0.39 is 6.04 Å². The van der Waals surface area contributed by atoms with Gasteiger partial charge in [0.05, 0.1) is 6.04 Å². The third-order valence-electron chi connectivity index (χ3n) is 8.90. The average molecular weight is 619 g/mol. The molecule has 242 valence electrons. The highest BCUT2D eigenvalue weighted by Crippen LogP contribution is 2.40. The third kappa shape index (κ3) is 8.78. The van der Waals surface area contributed by atoms with Gasteiger partial charge in [-0.1, -0.05) is 72.2 Å². The number of hydrogen-bond acceptors (Lipinski definition) is 4. The second-order valence-electron chi connectivity index (χ2n) is 14.5. The zero-order valence-corrected chi connectivity index (χ0v) is 27.5. The Morgan fingerprint density at radius 2 is 1.38 bits per heavy atom. The van der Waals surface area contributed by atoms with Gasteiger partial charge in [0.2, 0.25) is 0 Å². The summed E-state index contributed by atoms with van der Waals surface area (Å²) in [4.78, 5) is 27.4. The lowest BCUT2D eigenvalue weighted by atomic mass is 9.78. The van der Waals surface area contributed by atoms with E-state index >= 15 is 0 Å². The molecule has 1 saturated heterocycles. The third-order valence-corrected chi connectivity index (χ3v) is 8.90. The van der Waals surface area contributed by atoms with Gasteiger partial charge >= 0.3 is 0 Å². The van der Waals surface area contributed by atoms with E-state index in [1.54, 1.807) is 36.4 Å². The predicted molar refractivity (Wildman–Crippen MR) is 176 cm³/mol. The van der Waals surface area contributed by atoms with Crippen LogP contribution in [0.3, 0.4) is 0 Å². The first-order valence-electron chi connectivity index (χ1n) is 16.1. The van der Waals surface area contributed by atoms with E-state index in [0.717, 1.165) is 30.5 Å². The van der Waals surface area contributed by atoms with Crippen molar-refractivity contribution in [3.05, 3.63) is 100 Å². The van der Waals surface area contributed by atoms with Crippen molar-refractivity contribution >= 4 is 11.7 Å². The summed E-state index contributed by atoms with van der Waals surface area (Å²) in [6, 6.07) is 15.6. The zero-order valence-electron chi connectivity index (χ0n) is 27.5. The average Bonchev–Trinajstić information content (AvgIpc) is 3.50. The molecule has 5 nitrogen and oxygen atoms in total.